The van der Waals surface area contributed by atoms with Gasteiger partial charge in [0.05, 0.1) is 13.7 Å². The van der Waals surface area contributed by atoms with Crippen molar-refractivity contribution in [2.45, 2.75) is 32.2 Å². The highest BCUT2D eigenvalue weighted by molar-refractivity contribution is 5.80. The van der Waals surface area contributed by atoms with Crippen molar-refractivity contribution in [3.05, 3.63) is 0 Å². The maximum atomic E-state index is 11.6. The van der Waals surface area contributed by atoms with Gasteiger partial charge in [0.1, 0.15) is 5.54 Å². The molecule has 1 atom stereocenters. The Balaban J connectivity index is 4.50. The molecule has 0 saturated carbocycles. The number of methoxy groups -OCH3 is 2. The lowest BCUT2D eigenvalue weighted by Gasteiger charge is -2.30. The Morgan fingerprint density at radius 2 is 2.00 bits per heavy atom. The third kappa shape index (κ3) is 3.27. The number of esters is 1. The van der Waals surface area contributed by atoms with Crippen LogP contribution in [0.15, 0.2) is 0 Å². The van der Waals surface area contributed by atoms with Gasteiger partial charge in [-0.2, -0.15) is 0 Å². The van der Waals surface area contributed by atoms with E-state index in [4.69, 9.17) is 9.47 Å². The molecule has 4 heteroatoms. The molecule has 1 N–H and O–H groups in total. The van der Waals surface area contributed by atoms with Crippen LogP contribution in [0.1, 0.15) is 26.7 Å². The van der Waals surface area contributed by atoms with Crippen molar-refractivity contribution >= 4 is 5.97 Å². The van der Waals surface area contributed by atoms with Crippen molar-refractivity contribution in [2.24, 2.45) is 0 Å². The van der Waals surface area contributed by atoms with Gasteiger partial charge in [-0.25, -0.2) is 4.79 Å². The largest absolute Gasteiger partial charge is 0.468 e. The first-order valence-corrected chi connectivity index (χ1v) is 4.99. The van der Waals surface area contributed by atoms with E-state index in [0.29, 0.717) is 13.0 Å². The van der Waals surface area contributed by atoms with Crippen molar-refractivity contribution in [2.75, 3.05) is 27.4 Å². The van der Waals surface area contributed by atoms with Crippen LogP contribution in [-0.4, -0.2) is 38.9 Å². The van der Waals surface area contributed by atoms with Gasteiger partial charge in [-0.3, -0.25) is 5.32 Å². The van der Waals surface area contributed by atoms with Crippen LogP contribution in [0, 0.1) is 0 Å². The molecule has 4 nitrogen and oxygen atoms in total. The number of hydrogen-bond acceptors (Lipinski definition) is 4. The molecule has 0 aliphatic carbocycles. The quantitative estimate of drug-likeness (QED) is 0.626. The summed E-state index contributed by atoms with van der Waals surface area (Å²) in [7, 11) is 2.98. The molecule has 0 aromatic carbocycles. The molecule has 0 heterocycles. The Bertz CT molecular complexity index is 173. The van der Waals surface area contributed by atoms with Gasteiger partial charge in [-0.15, -0.1) is 0 Å². The van der Waals surface area contributed by atoms with Gasteiger partial charge in [-0.05, 0) is 19.4 Å². The molecule has 14 heavy (non-hydrogen) atoms. The molecule has 1 unspecified atom stereocenters. The highest BCUT2D eigenvalue weighted by Gasteiger charge is 2.37. The van der Waals surface area contributed by atoms with E-state index in [1.54, 1.807) is 7.11 Å². The lowest BCUT2D eigenvalue weighted by molar-refractivity contribution is -0.151. The Morgan fingerprint density at radius 1 is 1.36 bits per heavy atom. The smallest absolute Gasteiger partial charge is 0.328 e. The topological polar surface area (TPSA) is 47.6 Å². The summed E-state index contributed by atoms with van der Waals surface area (Å²) in [5.74, 6) is -0.254. The Kier molecular flexibility index (Phi) is 6.49. The zero-order valence-electron chi connectivity index (χ0n) is 9.55. The lowest BCUT2D eigenvalue weighted by atomic mass is 9.97. The highest BCUT2D eigenvalue weighted by atomic mass is 16.5. The molecule has 0 radical (unpaired) electrons. The first kappa shape index (κ1) is 13.4. The Morgan fingerprint density at radius 3 is 2.36 bits per heavy atom. The Labute approximate surface area is 86.0 Å². The number of nitrogens with one attached hydrogen (secondary N) is 1. The standard InChI is InChI=1S/C10H21NO3/c1-5-7-11-10(6-2,8-13-3)9(12)14-4/h11H,5-8H2,1-4H3. The van der Waals surface area contributed by atoms with Crippen molar-refractivity contribution in [1.82, 2.24) is 5.32 Å². The molecule has 0 aliphatic heterocycles. The van der Waals surface area contributed by atoms with Crippen LogP contribution in [0.5, 0.6) is 0 Å². The van der Waals surface area contributed by atoms with Gasteiger partial charge in [0.2, 0.25) is 0 Å². The summed E-state index contributed by atoms with van der Waals surface area (Å²) in [6.07, 6.45) is 1.63. The van der Waals surface area contributed by atoms with E-state index in [2.05, 4.69) is 12.2 Å². The van der Waals surface area contributed by atoms with E-state index in [9.17, 15) is 4.79 Å². The summed E-state index contributed by atoms with van der Waals surface area (Å²) < 4.78 is 9.83. The lowest BCUT2D eigenvalue weighted by Crippen LogP contribution is -2.55. The molecule has 0 bridgehead atoms. The maximum Gasteiger partial charge on any atom is 0.328 e. The van der Waals surface area contributed by atoms with Crippen molar-refractivity contribution in [3.63, 3.8) is 0 Å². The summed E-state index contributed by atoms with van der Waals surface area (Å²) in [5.41, 5.74) is -0.681. The molecular formula is C10H21NO3. The van der Waals surface area contributed by atoms with Crippen LogP contribution in [0.3, 0.4) is 0 Å². The van der Waals surface area contributed by atoms with E-state index in [-0.39, 0.29) is 5.97 Å². The minimum absolute atomic E-state index is 0.254. The minimum atomic E-state index is -0.681. The van der Waals surface area contributed by atoms with Crippen molar-refractivity contribution < 1.29 is 14.3 Å². The summed E-state index contributed by atoms with van der Waals surface area (Å²) >= 11 is 0. The minimum Gasteiger partial charge on any atom is -0.468 e. The van der Waals surface area contributed by atoms with Crippen LogP contribution in [0.25, 0.3) is 0 Å². The predicted octanol–water partition coefficient (Wildman–Crippen LogP) is 0.954. The summed E-state index contributed by atoms with van der Waals surface area (Å²) in [6.45, 7) is 5.12. The second-order valence-electron chi connectivity index (χ2n) is 3.29. The average Bonchev–Trinajstić information content (AvgIpc) is 2.23. The monoisotopic (exact) mass is 203 g/mol. The number of hydrogen-bond donors (Lipinski definition) is 1. The van der Waals surface area contributed by atoms with E-state index in [1.807, 2.05) is 6.92 Å². The van der Waals surface area contributed by atoms with Crippen LogP contribution in [0.4, 0.5) is 0 Å². The number of ether oxygens (including phenoxy) is 2. The van der Waals surface area contributed by atoms with Crippen LogP contribution >= 0.6 is 0 Å². The van der Waals surface area contributed by atoms with E-state index in [1.165, 1.54) is 7.11 Å². The molecule has 0 spiro atoms. The Hall–Kier alpha value is -0.610. The van der Waals surface area contributed by atoms with E-state index >= 15 is 0 Å². The summed E-state index contributed by atoms with van der Waals surface area (Å²) in [5, 5.41) is 3.18. The van der Waals surface area contributed by atoms with Crippen LogP contribution in [0.2, 0.25) is 0 Å². The van der Waals surface area contributed by atoms with Gasteiger partial charge in [-0.1, -0.05) is 13.8 Å². The summed E-state index contributed by atoms with van der Waals surface area (Å²) in [6, 6.07) is 0. The summed E-state index contributed by atoms with van der Waals surface area (Å²) in [4.78, 5) is 11.6. The third-order valence-electron chi connectivity index (χ3n) is 2.28. The van der Waals surface area contributed by atoms with Crippen LogP contribution in [-0.2, 0) is 14.3 Å². The molecule has 0 aliphatic rings. The molecule has 0 aromatic rings. The van der Waals surface area contributed by atoms with Gasteiger partial charge in [0.25, 0.3) is 0 Å². The molecular weight excluding hydrogens is 182 g/mol. The molecule has 0 aromatic heterocycles. The second-order valence-corrected chi connectivity index (χ2v) is 3.29. The number of rotatable bonds is 7. The molecule has 84 valence electrons. The van der Waals surface area contributed by atoms with Gasteiger partial charge < -0.3 is 9.47 Å². The first-order chi connectivity index (χ1) is 6.66. The van der Waals surface area contributed by atoms with E-state index in [0.717, 1.165) is 13.0 Å². The van der Waals surface area contributed by atoms with Gasteiger partial charge in [0.15, 0.2) is 0 Å². The highest BCUT2D eigenvalue weighted by Crippen LogP contribution is 2.13. The average molecular weight is 203 g/mol. The van der Waals surface area contributed by atoms with E-state index < -0.39 is 5.54 Å². The van der Waals surface area contributed by atoms with Gasteiger partial charge in [0, 0.05) is 7.11 Å². The van der Waals surface area contributed by atoms with Gasteiger partial charge >= 0.3 is 5.97 Å². The SMILES string of the molecule is CCCNC(CC)(COC)C(=O)OC. The third-order valence-corrected chi connectivity index (χ3v) is 2.28. The van der Waals surface area contributed by atoms with Crippen molar-refractivity contribution in [1.29, 1.82) is 0 Å². The maximum absolute atomic E-state index is 11.6. The molecule has 0 saturated heterocycles. The fourth-order valence-corrected chi connectivity index (χ4v) is 1.36. The molecule has 0 amide bonds. The fraction of sp³-hybridized carbons (Fsp3) is 0.900. The molecule has 0 rings (SSSR count). The predicted molar refractivity (Wildman–Crippen MR) is 55.2 cm³/mol. The first-order valence-electron chi connectivity index (χ1n) is 4.99. The van der Waals surface area contributed by atoms with Crippen molar-refractivity contribution in [3.8, 4) is 0 Å². The second kappa shape index (κ2) is 6.79. The zero-order chi connectivity index (χ0) is 11.0. The fourth-order valence-electron chi connectivity index (χ4n) is 1.36. The molecule has 0 fully saturated rings. The van der Waals surface area contributed by atoms with Crippen LogP contribution < -0.4 is 5.32 Å². The zero-order valence-corrected chi connectivity index (χ0v) is 9.55. The normalized spacial score (nSPS) is 14.9. The number of carbonyl (C=O) groups is 1. The number of carbonyl (C=O) groups excluding carboxylic acids is 1.